The molecule has 1 amide bonds. The Morgan fingerprint density at radius 3 is 2.84 bits per heavy atom. The number of aromatic nitrogens is 1. The number of nitriles is 1. The number of carbonyl (C=O) groups is 1. The van der Waals surface area contributed by atoms with E-state index in [1.165, 1.54) is 0 Å². The summed E-state index contributed by atoms with van der Waals surface area (Å²) in [6, 6.07) is 14.3. The van der Waals surface area contributed by atoms with Crippen molar-refractivity contribution < 1.29 is 4.79 Å². The van der Waals surface area contributed by atoms with Crippen molar-refractivity contribution in [1.29, 1.82) is 5.26 Å². The van der Waals surface area contributed by atoms with Gasteiger partial charge in [-0.1, -0.05) is 12.1 Å². The molecule has 0 spiro atoms. The lowest BCUT2D eigenvalue weighted by atomic mass is 10.1. The Balaban J connectivity index is 2.03. The molecule has 0 saturated carbocycles. The van der Waals surface area contributed by atoms with Gasteiger partial charge in [-0.25, -0.2) is 0 Å². The highest BCUT2D eigenvalue weighted by Gasteiger charge is 2.06. The minimum absolute atomic E-state index is 0.208. The van der Waals surface area contributed by atoms with Gasteiger partial charge in [-0.15, -0.1) is 0 Å². The fourth-order valence-electron chi connectivity index (χ4n) is 1.70. The Bertz CT molecular complexity index is 644. The molecule has 0 fully saturated rings. The minimum Gasteiger partial charge on any atom is -0.346 e. The quantitative estimate of drug-likeness (QED) is 0.909. The van der Waals surface area contributed by atoms with Crippen molar-refractivity contribution in [3.8, 4) is 6.07 Å². The second-order valence-electron chi connectivity index (χ2n) is 4.15. The highest BCUT2D eigenvalue weighted by atomic mass is 16.1. The van der Waals surface area contributed by atoms with Crippen LogP contribution in [0, 0.1) is 18.3 Å². The number of rotatable bonds is 3. The lowest BCUT2D eigenvalue weighted by molar-refractivity contribution is 0.0950. The second-order valence-corrected chi connectivity index (χ2v) is 4.15. The molecule has 0 radical (unpaired) electrons. The molecule has 0 aliphatic heterocycles. The number of carbonyl (C=O) groups excluding carboxylic acids is 1. The second kappa shape index (κ2) is 5.78. The first-order chi connectivity index (χ1) is 9.19. The van der Waals surface area contributed by atoms with Gasteiger partial charge in [0.1, 0.15) is 0 Å². The molecule has 0 aliphatic carbocycles. The number of hydrogen-bond donors (Lipinski definition) is 1. The number of hydrogen-bond acceptors (Lipinski definition) is 3. The lowest BCUT2D eigenvalue weighted by Crippen LogP contribution is -2.23. The van der Waals surface area contributed by atoms with Gasteiger partial charge in [-0.05, 0) is 37.3 Å². The van der Waals surface area contributed by atoms with Gasteiger partial charge in [0.05, 0.1) is 23.9 Å². The first kappa shape index (κ1) is 12.8. The van der Waals surface area contributed by atoms with Crippen LogP contribution in [0.2, 0.25) is 0 Å². The van der Waals surface area contributed by atoms with Gasteiger partial charge in [-0.3, -0.25) is 9.78 Å². The maximum absolute atomic E-state index is 11.9. The van der Waals surface area contributed by atoms with Gasteiger partial charge in [0, 0.05) is 11.3 Å². The molecule has 1 aromatic carbocycles. The van der Waals surface area contributed by atoms with E-state index in [9.17, 15) is 4.79 Å². The molecule has 0 saturated heterocycles. The third-order valence-electron chi connectivity index (χ3n) is 2.63. The summed E-state index contributed by atoms with van der Waals surface area (Å²) >= 11 is 0. The van der Waals surface area contributed by atoms with Gasteiger partial charge in [0.2, 0.25) is 0 Å². The van der Waals surface area contributed by atoms with Crippen molar-refractivity contribution in [2.75, 3.05) is 0 Å². The van der Waals surface area contributed by atoms with Crippen LogP contribution in [0.5, 0.6) is 0 Å². The van der Waals surface area contributed by atoms with Crippen LogP contribution in [0.15, 0.2) is 42.5 Å². The number of aryl methyl sites for hydroxylation is 1. The maximum atomic E-state index is 11.9. The highest BCUT2D eigenvalue weighted by molar-refractivity contribution is 5.94. The molecular weight excluding hydrogens is 238 g/mol. The molecule has 0 bridgehead atoms. The van der Waals surface area contributed by atoms with E-state index in [-0.39, 0.29) is 5.91 Å². The predicted molar refractivity (Wildman–Crippen MR) is 71.3 cm³/mol. The summed E-state index contributed by atoms with van der Waals surface area (Å²) in [5.74, 6) is -0.208. The Morgan fingerprint density at radius 1 is 1.32 bits per heavy atom. The average molecular weight is 251 g/mol. The first-order valence-corrected chi connectivity index (χ1v) is 5.90. The number of amides is 1. The lowest BCUT2D eigenvalue weighted by Gasteiger charge is -2.05. The Morgan fingerprint density at radius 2 is 2.11 bits per heavy atom. The van der Waals surface area contributed by atoms with Crippen molar-refractivity contribution >= 4 is 5.91 Å². The van der Waals surface area contributed by atoms with E-state index in [2.05, 4.69) is 10.3 Å². The Kier molecular flexibility index (Phi) is 3.89. The third-order valence-corrected chi connectivity index (χ3v) is 2.63. The van der Waals surface area contributed by atoms with Gasteiger partial charge in [0.15, 0.2) is 0 Å². The Labute approximate surface area is 111 Å². The topological polar surface area (TPSA) is 65.8 Å². The van der Waals surface area contributed by atoms with Crippen LogP contribution in [0.25, 0.3) is 0 Å². The first-order valence-electron chi connectivity index (χ1n) is 5.90. The number of pyridine rings is 1. The molecule has 1 heterocycles. The molecule has 4 nitrogen and oxygen atoms in total. The monoisotopic (exact) mass is 251 g/mol. The zero-order valence-electron chi connectivity index (χ0n) is 10.6. The van der Waals surface area contributed by atoms with Crippen LogP contribution in [0.4, 0.5) is 0 Å². The zero-order chi connectivity index (χ0) is 13.7. The summed E-state index contributed by atoms with van der Waals surface area (Å²) in [6.45, 7) is 2.28. The average Bonchev–Trinajstić information content (AvgIpc) is 2.45. The predicted octanol–water partition coefficient (Wildman–Crippen LogP) is 2.19. The summed E-state index contributed by atoms with van der Waals surface area (Å²) in [5, 5.41) is 11.6. The SMILES string of the molecule is Cc1cccc(CNC(=O)c2cccc(C#N)c2)n1. The Hall–Kier alpha value is -2.67. The van der Waals surface area contributed by atoms with Gasteiger partial charge < -0.3 is 5.32 Å². The van der Waals surface area contributed by atoms with E-state index in [1.54, 1.807) is 24.3 Å². The van der Waals surface area contributed by atoms with E-state index in [0.717, 1.165) is 11.4 Å². The van der Waals surface area contributed by atoms with E-state index >= 15 is 0 Å². The van der Waals surface area contributed by atoms with Crippen molar-refractivity contribution in [3.63, 3.8) is 0 Å². The fraction of sp³-hybridized carbons (Fsp3) is 0.133. The molecule has 4 heteroatoms. The maximum Gasteiger partial charge on any atom is 0.251 e. The molecule has 2 rings (SSSR count). The van der Waals surface area contributed by atoms with Gasteiger partial charge in [-0.2, -0.15) is 5.26 Å². The van der Waals surface area contributed by atoms with E-state index in [4.69, 9.17) is 5.26 Å². The minimum atomic E-state index is -0.208. The smallest absolute Gasteiger partial charge is 0.251 e. The van der Waals surface area contributed by atoms with Crippen LogP contribution in [0.3, 0.4) is 0 Å². The summed E-state index contributed by atoms with van der Waals surface area (Å²) in [4.78, 5) is 16.2. The summed E-state index contributed by atoms with van der Waals surface area (Å²) in [5.41, 5.74) is 2.68. The van der Waals surface area contributed by atoms with Gasteiger partial charge >= 0.3 is 0 Å². The summed E-state index contributed by atoms with van der Waals surface area (Å²) < 4.78 is 0. The van der Waals surface area contributed by atoms with Crippen LogP contribution in [-0.4, -0.2) is 10.9 Å². The van der Waals surface area contributed by atoms with Crippen molar-refractivity contribution in [3.05, 3.63) is 65.0 Å². The van der Waals surface area contributed by atoms with Crippen molar-refractivity contribution in [2.24, 2.45) is 0 Å². The van der Waals surface area contributed by atoms with Crippen LogP contribution >= 0.6 is 0 Å². The molecular formula is C15H13N3O. The molecule has 0 unspecified atom stereocenters. The molecule has 1 aromatic heterocycles. The number of benzene rings is 1. The van der Waals surface area contributed by atoms with E-state index in [1.807, 2.05) is 31.2 Å². The molecule has 0 atom stereocenters. The molecule has 94 valence electrons. The fourth-order valence-corrected chi connectivity index (χ4v) is 1.70. The number of nitrogens with zero attached hydrogens (tertiary/aromatic N) is 2. The largest absolute Gasteiger partial charge is 0.346 e. The molecule has 1 N–H and O–H groups in total. The molecule has 0 aliphatic rings. The molecule has 2 aromatic rings. The van der Waals surface area contributed by atoms with E-state index in [0.29, 0.717) is 17.7 Å². The zero-order valence-corrected chi connectivity index (χ0v) is 10.6. The van der Waals surface area contributed by atoms with Crippen LogP contribution in [0.1, 0.15) is 27.3 Å². The standard InChI is InChI=1S/C15H13N3O/c1-11-4-2-7-14(18-11)10-17-15(19)13-6-3-5-12(8-13)9-16/h2-8H,10H2,1H3,(H,17,19). The van der Waals surface area contributed by atoms with Crippen molar-refractivity contribution in [1.82, 2.24) is 10.3 Å². The van der Waals surface area contributed by atoms with Crippen LogP contribution < -0.4 is 5.32 Å². The normalized spacial score (nSPS) is 9.68. The summed E-state index contributed by atoms with van der Waals surface area (Å²) in [7, 11) is 0. The summed E-state index contributed by atoms with van der Waals surface area (Å²) in [6.07, 6.45) is 0. The number of nitrogens with one attached hydrogen (secondary N) is 1. The highest BCUT2D eigenvalue weighted by Crippen LogP contribution is 2.04. The van der Waals surface area contributed by atoms with Gasteiger partial charge in [0.25, 0.3) is 5.91 Å². The van der Waals surface area contributed by atoms with Crippen LogP contribution in [-0.2, 0) is 6.54 Å². The third kappa shape index (κ3) is 3.39. The van der Waals surface area contributed by atoms with Crippen molar-refractivity contribution in [2.45, 2.75) is 13.5 Å². The molecule has 19 heavy (non-hydrogen) atoms. The van der Waals surface area contributed by atoms with E-state index < -0.39 is 0 Å².